The fourth-order valence-electron chi connectivity index (χ4n) is 2.73. The molecular formula is C18H16N4O3S3. The molecule has 0 saturated carbocycles. The first-order chi connectivity index (χ1) is 13.6. The summed E-state index contributed by atoms with van der Waals surface area (Å²) in [7, 11) is 3.07. The number of rotatable bonds is 5. The molecule has 28 heavy (non-hydrogen) atoms. The molecule has 0 atom stereocenters. The van der Waals surface area contributed by atoms with Gasteiger partial charge in [0.25, 0.3) is 0 Å². The molecule has 2 N–H and O–H groups in total. The second-order valence-electron chi connectivity index (χ2n) is 5.59. The Bertz CT molecular complexity index is 1170. The van der Waals surface area contributed by atoms with Gasteiger partial charge in [-0.1, -0.05) is 29.2 Å². The predicted octanol–water partition coefficient (Wildman–Crippen LogP) is 5.29. The number of benzene rings is 2. The van der Waals surface area contributed by atoms with Crippen LogP contribution in [0.5, 0.6) is 11.5 Å². The van der Waals surface area contributed by atoms with Crippen LogP contribution in [0.25, 0.3) is 20.4 Å². The van der Waals surface area contributed by atoms with Gasteiger partial charge in [-0.05, 0) is 30.5 Å². The molecule has 0 radical (unpaired) electrons. The third-order valence-electron chi connectivity index (χ3n) is 3.94. The molecule has 2 aromatic heterocycles. The minimum absolute atomic E-state index is 0.407. The van der Waals surface area contributed by atoms with E-state index in [1.807, 2.05) is 18.4 Å². The van der Waals surface area contributed by atoms with Crippen molar-refractivity contribution in [2.75, 3.05) is 31.1 Å². The van der Waals surface area contributed by atoms with Crippen molar-refractivity contribution in [3.63, 3.8) is 0 Å². The molecule has 0 unspecified atom stereocenters. The third-order valence-corrected chi connectivity index (χ3v) is 7.15. The van der Waals surface area contributed by atoms with E-state index in [0.29, 0.717) is 22.3 Å². The van der Waals surface area contributed by atoms with Crippen molar-refractivity contribution in [1.82, 2.24) is 9.97 Å². The summed E-state index contributed by atoms with van der Waals surface area (Å²) < 4.78 is 13.7. The molecule has 144 valence electrons. The second kappa shape index (κ2) is 7.82. The van der Waals surface area contributed by atoms with Gasteiger partial charge in [-0.25, -0.2) is 14.8 Å². The van der Waals surface area contributed by atoms with Crippen molar-refractivity contribution in [1.29, 1.82) is 0 Å². The molecular weight excluding hydrogens is 416 g/mol. The number of para-hydroxylation sites is 1. The Balaban J connectivity index is 1.59. The topological polar surface area (TPSA) is 85.4 Å². The van der Waals surface area contributed by atoms with E-state index in [1.54, 1.807) is 48.4 Å². The summed E-state index contributed by atoms with van der Waals surface area (Å²) >= 11 is 4.68. The molecule has 0 fully saturated rings. The van der Waals surface area contributed by atoms with Gasteiger partial charge in [0.2, 0.25) is 0 Å². The van der Waals surface area contributed by atoms with E-state index in [1.165, 1.54) is 18.4 Å². The number of fused-ring (bicyclic) bond motifs is 3. The molecule has 10 heteroatoms. The van der Waals surface area contributed by atoms with Gasteiger partial charge < -0.3 is 14.8 Å². The maximum Gasteiger partial charge on any atom is 0.325 e. The molecule has 2 heterocycles. The summed E-state index contributed by atoms with van der Waals surface area (Å²) in [6.07, 6.45) is 2.01. The smallest absolute Gasteiger partial charge is 0.325 e. The van der Waals surface area contributed by atoms with E-state index < -0.39 is 6.03 Å². The van der Waals surface area contributed by atoms with Crippen LogP contribution in [-0.2, 0) is 0 Å². The third kappa shape index (κ3) is 3.46. The number of amides is 2. The van der Waals surface area contributed by atoms with Gasteiger partial charge in [-0.2, -0.15) is 0 Å². The first kappa shape index (κ1) is 18.8. The number of carbonyl (C=O) groups excluding carboxylic acids is 1. The van der Waals surface area contributed by atoms with E-state index in [2.05, 4.69) is 20.6 Å². The van der Waals surface area contributed by atoms with Gasteiger partial charge in [0.1, 0.15) is 0 Å². The Morgan fingerprint density at radius 2 is 1.75 bits per heavy atom. The van der Waals surface area contributed by atoms with Gasteiger partial charge in [-0.15, -0.1) is 11.3 Å². The lowest BCUT2D eigenvalue weighted by Gasteiger charge is -2.13. The van der Waals surface area contributed by atoms with E-state index >= 15 is 0 Å². The summed E-state index contributed by atoms with van der Waals surface area (Å²) in [5, 5.41) is 6.09. The monoisotopic (exact) mass is 432 g/mol. The van der Waals surface area contributed by atoms with E-state index in [-0.39, 0.29) is 0 Å². The van der Waals surface area contributed by atoms with E-state index in [0.717, 1.165) is 24.8 Å². The highest BCUT2D eigenvalue weighted by Crippen LogP contribution is 2.38. The highest BCUT2D eigenvalue weighted by Gasteiger charge is 2.15. The zero-order chi connectivity index (χ0) is 19.7. The fourth-order valence-corrected chi connectivity index (χ4v) is 5.38. The number of urea groups is 1. The van der Waals surface area contributed by atoms with Gasteiger partial charge >= 0.3 is 6.03 Å². The van der Waals surface area contributed by atoms with Crippen molar-refractivity contribution in [2.45, 2.75) is 4.34 Å². The maximum atomic E-state index is 12.5. The summed E-state index contributed by atoms with van der Waals surface area (Å²) in [5.41, 5.74) is 2.29. The fraction of sp³-hybridized carbons (Fsp3) is 0.167. The maximum absolute atomic E-state index is 12.5. The van der Waals surface area contributed by atoms with Crippen LogP contribution < -0.4 is 20.1 Å². The van der Waals surface area contributed by atoms with Crippen LogP contribution >= 0.6 is 34.4 Å². The van der Waals surface area contributed by atoms with Crippen LogP contribution in [0.15, 0.2) is 34.7 Å². The van der Waals surface area contributed by atoms with Crippen molar-refractivity contribution in [3.05, 3.63) is 30.3 Å². The lowest BCUT2D eigenvalue weighted by molar-refractivity contribution is 0.262. The summed E-state index contributed by atoms with van der Waals surface area (Å²) in [6, 6.07) is 8.75. The van der Waals surface area contributed by atoms with Crippen LogP contribution in [0.4, 0.5) is 15.6 Å². The van der Waals surface area contributed by atoms with Gasteiger partial charge in [0.15, 0.2) is 21.0 Å². The lowest BCUT2D eigenvalue weighted by atomic mass is 10.2. The molecule has 0 bridgehead atoms. The average Bonchev–Trinajstić information content (AvgIpc) is 3.30. The van der Waals surface area contributed by atoms with Crippen molar-refractivity contribution >= 4 is 71.7 Å². The Kier molecular flexibility index (Phi) is 5.25. The summed E-state index contributed by atoms with van der Waals surface area (Å²) in [6.45, 7) is 0. The molecule has 4 rings (SSSR count). The number of hydrogen-bond acceptors (Lipinski definition) is 8. The number of nitrogens with one attached hydrogen (secondary N) is 2. The molecule has 0 aliphatic carbocycles. The Hall–Kier alpha value is -2.56. The van der Waals surface area contributed by atoms with Gasteiger partial charge in [0.05, 0.1) is 40.3 Å². The van der Waals surface area contributed by atoms with Crippen LogP contribution in [0.1, 0.15) is 0 Å². The number of thioether (sulfide) groups is 1. The minimum atomic E-state index is -0.407. The molecule has 4 aromatic rings. The Morgan fingerprint density at radius 1 is 1.00 bits per heavy atom. The number of ether oxygens (including phenoxy) is 2. The number of hydrogen-bond donors (Lipinski definition) is 2. The normalized spacial score (nSPS) is 11.0. The SMILES string of the molecule is COc1cccc(NC(=O)Nc2nc3ccc4nc(SC)sc4c3s2)c1OC. The molecule has 2 aromatic carbocycles. The van der Waals surface area contributed by atoms with Crippen LogP contribution in [0.2, 0.25) is 0 Å². The first-order valence-electron chi connectivity index (χ1n) is 8.16. The van der Waals surface area contributed by atoms with Crippen molar-refractivity contribution < 1.29 is 14.3 Å². The zero-order valence-electron chi connectivity index (χ0n) is 15.2. The zero-order valence-corrected chi connectivity index (χ0v) is 17.7. The molecule has 0 spiro atoms. The summed E-state index contributed by atoms with van der Waals surface area (Å²) in [4.78, 5) is 21.6. The number of aromatic nitrogens is 2. The number of carbonyl (C=O) groups is 1. The number of anilines is 2. The molecule has 0 aliphatic rings. The first-order valence-corrected chi connectivity index (χ1v) is 11.0. The predicted molar refractivity (Wildman–Crippen MR) is 117 cm³/mol. The van der Waals surface area contributed by atoms with Crippen LogP contribution in [0.3, 0.4) is 0 Å². The molecule has 0 aliphatic heterocycles. The van der Waals surface area contributed by atoms with Gasteiger partial charge in [0, 0.05) is 0 Å². The van der Waals surface area contributed by atoms with Crippen LogP contribution in [0, 0.1) is 0 Å². The lowest BCUT2D eigenvalue weighted by Crippen LogP contribution is -2.19. The molecule has 2 amide bonds. The Morgan fingerprint density at radius 3 is 2.46 bits per heavy atom. The standard InChI is InChI=1S/C18H16N4O3S3/c1-24-12-6-4-5-9(13(12)25-2)19-16(23)22-17-20-10-7-8-11-15(14(10)27-17)28-18(21-11)26-3/h4-8H,1-3H3,(H2,19,20,22,23). The van der Waals surface area contributed by atoms with E-state index in [9.17, 15) is 4.79 Å². The quantitative estimate of drug-likeness (QED) is 0.417. The second-order valence-corrected chi connectivity index (χ2v) is 8.64. The van der Waals surface area contributed by atoms with Gasteiger partial charge in [-0.3, -0.25) is 5.32 Å². The highest BCUT2D eigenvalue weighted by atomic mass is 32.2. The number of thiazole rings is 2. The van der Waals surface area contributed by atoms with Crippen LogP contribution in [-0.4, -0.2) is 36.5 Å². The van der Waals surface area contributed by atoms with Crippen molar-refractivity contribution in [2.24, 2.45) is 0 Å². The summed E-state index contributed by atoms with van der Waals surface area (Å²) in [5.74, 6) is 0.998. The van der Waals surface area contributed by atoms with E-state index in [4.69, 9.17) is 9.47 Å². The minimum Gasteiger partial charge on any atom is -0.493 e. The average molecular weight is 433 g/mol. The number of nitrogens with zero attached hydrogens (tertiary/aromatic N) is 2. The largest absolute Gasteiger partial charge is 0.493 e. The Labute approximate surface area is 173 Å². The molecule has 7 nitrogen and oxygen atoms in total. The number of methoxy groups -OCH3 is 2. The molecule has 0 saturated heterocycles. The van der Waals surface area contributed by atoms with Crippen molar-refractivity contribution in [3.8, 4) is 11.5 Å². The highest BCUT2D eigenvalue weighted by molar-refractivity contribution is 8.00.